The lowest BCUT2D eigenvalue weighted by molar-refractivity contribution is -0.146. The summed E-state index contributed by atoms with van der Waals surface area (Å²) in [7, 11) is 1.60. The Bertz CT molecular complexity index is 1150. The first kappa shape index (κ1) is 22.8. The van der Waals surface area contributed by atoms with Crippen molar-refractivity contribution in [1.82, 2.24) is 14.9 Å². The zero-order chi connectivity index (χ0) is 23.2. The number of piperidine rings is 1. The van der Waals surface area contributed by atoms with E-state index in [4.69, 9.17) is 9.15 Å². The minimum absolute atomic E-state index is 0.00160. The van der Waals surface area contributed by atoms with Crippen LogP contribution in [0.5, 0.6) is 5.75 Å². The third-order valence-electron chi connectivity index (χ3n) is 6.26. The van der Waals surface area contributed by atoms with Crippen LogP contribution in [0.25, 0.3) is 10.9 Å². The summed E-state index contributed by atoms with van der Waals surface area (Å²) in [4.78, 5) is 22.2. The minimum atomic E-state index is -0.804. The number of pyridine rings is 1. The van der Waals surface area contributed by atoms with E-state index in [2.05, 4.69) is 26.7 Å². The van der Waals surface area contributed by atoms with Crippen molar-refractivity contribution in [2.45, 2.75) is 25.4 Å². The predicted octanol–water partition coefficient (Wildman–Crippen LogP) is 3.12. The van der Waals surface area contributed by atoms with E-state index in [0.717, 1.165) is 29.4 Å². The van der Waals surface area contributed by atoms with E-state index in [0.29, 0.717) is 37.4 Å². The van der Waals surface area contributed by atoms with Crippen molar-refractivity contribution in [3.8, 4) is 17.6 Å². The van der Waals surface area contributed by atoms with Gasteiger partial charge in [-0.15, -0.1) is 0 Å². The molecule has 8 nitrogen and oxygen atoms in total. The Hall–Kier alpha value is -3.41. The van der Waals surface area contributed by atoms with Gasteiger partial charge >= 0.3 is 5.97 Å². The van der Waals surface area contributed by atoms with Crippen molar-refractivity contribution in [2.24, 2.45) is 11.8 Å². The SMILES string of the molecule is COc1ccc2nccc([C@@H](O)CC[C@@H]3CCN(CC#Cc4cnco4)C[C@@H]3C(=O)O)c2c1. The number of carboxylic acid groups (broad SMARTS) is 1. The Morgan fingerprint density at radius 1 is 1.39 bits per heavy atom. The quantitative estimate of drug-likeness (QED) is 0.530. The van der Waals surface area contributed by atoms with Gasteiger partial charge in [-0.25, -0.2) is 4.98 Å². The average Bonchev–Trinajstić information content (AvgIpc) is 3.35. The molecule has 3 aromatic rings. The molecule has 3 atom stereocenters. The number of nitrogens with zero attached hydrogens (tertiary/aromatic N) is 3. The molecule has 1 aliphatic rings. The summed E-state index contributed by atoms with van der Waals surface area (Å²) in [5.41, 5.74) is 1.57. The highest BCUT2D eigenvalue weighted by atomic mass is 16.5. The van der Waals surface area contributed by atoms with Crippen LogP contribution < -0.4 is 4.74 Å². The van der Waals surface area contributed by atoms with Gasteiger partial charge in [-0.2, -0.15) is 0 Å². The monoisotopic (exact) mass is 449 g/mol. The number of fused-ring (bicyclic) bond motifs is 1. The van der Waals surface area contributed by atoms with Crippen LogP contribution in [0.3, 0.4) is 0 Å². The fourth-order valence-electron chi connectivity index (χ4n) is 4.44. The molecule has 0 unspecified atom stereocenters. The van der Waals surface area contributed by atoms with E-state index < -0.39 is 18.0 Å². The third kappa shape index (κ3) is 5.51. The molecule has 2 N–H and O–H groups in total. The number of oxazole rings is 1. The second-order valence-corrected chi connectivity index (χ2v) is 8.27. The highest BCUT2D eigenvalue weighted by Crippen LogP contribution is 2.33. The highest BCUT2D eigenvalue weighted by molar-refractivity contribution is 5.83. The number of rotatable bonds is 7. The van der Waals surface area contributed by atoms with E-state index in [1.54, 1.807) is 19.5 Å². The molecular formula is C25H27N3O5. The minimum Gasteiger partial charge on any atom is -0.497 e. The van der Waals surface area contributed by atoms with Crippen molar-refractivity contribution in [2.75, 3.05) is 26.7 Å². The maximum absolute atomic E-state index is 12.0. The topological polar surface area (TPSA) is 109 Å². The van der Waals surface area contributed by atoms with E-state index in [9.17, 15) is 15.0 Å². The number of hydrogen-bond donors (Lipinski definition) is 2. The molecule has 0 bridgehead atoms. The first-order valence-electron chi connectivity index (χ1n) is 11.0. The molecule has 1 saturated heterocycles. The molecule has 0 aliphatic carbocycles. The van der Waals surface area contributed by atoms with Crippen LogP contribution >= 0.6 is 0 Å². The zero-order valence-corrected chi connectivity index (χ0v) is 18.5. The van der Waals surface area contributed by atoms with Crippen LogP contribution in [0.1, 0.15) is 36.7 Å². The van der Waals surface area contributed by atoms with Crippen LogP contribution in [-0.2, 0) is 4.79 Å². The maximum Gasteiger partial charge on any atom is 0.308 e. The Kier molecular flexibility index (Phi) is 7.23. The van der Waals surface area contributed by atoms with Crippen LogP contribution in [0.4, 0.5) is 0 Å². The van der Waals surface area contributed by atoms with Crippen LogP contribution in [0, 0.1) is 23.7 Å². The first-order chi connectivity index (χ1) is 16.0. The summed E-state index contributed by atoms with van der Waals surface area (Å²) in [6.45, 7) is 1.69. The molecule has 3 heterocycles. The van der Waals surface area contributed by atoms with Gasteiger partial charge in [-0.3, -0.25) is 14.7 Å². The Balaban J connectivity index is 1.38. The molecule has 1 aromatic carbocycles. The van der Waals surface area contributed by atoms with Crippen molar-refractivity contribution in [3.05, 3.63) is 54.4 Å². The highest BCUT2D eigenvalue weighted by Gasteiger charge is 2.34. The third-order valence-corrected chi connectivity index (χ3v) is 6.26. The van der Waals surface area contributed by atoms with E-state index >= 15 is 0 Å². The Morgan fingerprint density at radius 3 is 3.03 bits per heavy atom. The average molecular weight is 450 g/mol. The number of carboxylic acids is 1. The number of carbonyl (C=O) groups is 1. The molecule has 0 spiro atoms. The maximum atomic E-state index is 12.0. The smallest absolute Gasteiger partial charge is 0.308 e. The Labute approximate surface area is 192 Å². The van der Waals surface area contributed by atoms with Gasteiger partial charge in [-0.1, -0.05) is 5.92 Å². The molecule has 2 aromatic heterocycles. The second-order valence-electron chi connectivity index (χ2n) is 8.27. The van der Waals surface area contributed by atoms with Gasteiger partial charge in [0.05, 0.1) is 37.4 Å². The zero-order valence-electron chi connectivity index (χ0n) is 18.5. The number of aliphatic hydroxyl groups excluding tert-OH is 1. The standard InChI is InChI=1S/C25H27N3O5/c1-32-18-5-6-23-21(13-18)20(8-10-27-23)24(29)7-4-17-9-12-28(15-22(17)25(30)31)11-2-3-19-14-26-16-33-19/h5-6,8,10,13-14,16-17,22,24,29H,4,7,9,11-12,15H2,1H3,(H,30,31)/t17-,22+,24+/m1/s1. The number of hydrogen-bond acceptors (Lipinski definition) is 7. The van der Waals surface area contributed by atoms with E-state index in [1.807, 2.05) is 24.3 Å². The number of aliphatic hydroxyl groups is 1. The molecule has 0 radical (unpaired) electrons. The largest absolute Gasteiger partial charge is 0.497 e. The fraction of sp³-hybridized carbons (Fsp3) is 0.400. The van der Waals surface area contributed by atoms with Crippen LogP contribution in [-0.4, -0.2) is 57.8 Å². The fourth-order valence-corrected chi connectivity index (χ4v) is 4.44. The van der Waals surface area contributed by atoms with Crippen molar-refractivity contribution in [3.63, 3.8) is 0 Å². The van der Waals surface area contributed by atoms with E-state index in [-0.39, 0.29) is 5.92 Å². The van der Waals surface area contributed by atoms with Gasteiger partial charge in [0.15, 0.2) is 12.2 Å². The van der Waals surface area contributed by atoms with Gasteiger partial charge in [0, 0.05) is 18.1 Å². The summed E-state index contributed by atoms with van der Waals surface area (Å²) >= 11 is 0. The number of benzene rings is 1. The molecule has 0 amide bonds. The summed E-state index contributed by atoms with van der Waals surface area (Å²) in [5, 5.41) is 21.6. The molecule has 172 valence electrons. The Morgan fingerprint density at radius 2 is 2.27 bits per heavy atom. The molecule has 4 rings (SSSR count). The number of aromatic nitrogens is 2. The second kappa shape index (κ2) is 10.5. The summed E-state index contributed by atoms with van der Waals surface area (Å²) in [5.74, 6) is 5.81. The molecule has 1 fully saturated rings. The molecule has 8 heteroatoms. The lowest BCUT2D eigenvalue weighted by atomic mass is 9.81. The normalized spacial score (nSPS) is 19.6. The van der Waals surface area contributed by atoms with Gasteiger partial charge in [0.25, 0.3) is 0 Å². The number of likely N-dealkylation sites (tertiary alicyclic amines) is 1. The summed E-state index contributed by atoms with van der Waals surface area (Å²) in [6.07, 6.45) is 5.72. The number of ether oxygens (including phenoxy) is 1. The lowest BCUT2D eigenvalue weighted by Crippen LogP contribution is -2.44. The summed E-state index contributed by atoms with van der Waals surface area (Å²) < 4.78 is 10.4. The van der Waals surface area contributed by atoms with E-state index in [1.165, 1.54) is 6.39 Å². The van der Waals surface area contributed by atoms with Crippen molar-refractivity contribution >= 4 is 16.9 Å². The van der Waals surface area contributed by atoms with Gasteiger partial charge < -0.3 is 19.4 Å². The van der Waals surface area contributed by atoms with Crippen molar-refractivity contribution in [1.29, 1.82) is 0 Å². The van der Waals surface area contributed by atoms with Gasteiger partial charge in [0.1, 0.15) is 5.75 Å². The van der Waals surface area contributed by atoms with Crippen molar-refractivity contribution < 1.29 is 24.2 Å². The lowest BCUT2D eigenvalue weighted by Gasteiger charge is -2.36. The predicted molar refractivity (Wildman–Crippen MR) is 122 cm³/mol. The summed E-state index contributed by atoms with van der Waals surface area (Å²) in [6, 6.07) is 7.40. The van der Waals surface area contributed by atoms with Crippen LogP contribution in [0.2, 0.25) is 0 Å². The van der Waals surface area contributed by atoms with Gasteiger partial charge in [0.2, 0.25) is 0 Å². The van der Waals surface area contributed by atoms with Crippen LogP contribution in [0.15, 0.2) is 47.5 Å². The first-order valence-corrected chi connectivity index (χ1v) is 11.0. The van der Waals surface area contributed by atoms with Gasteiger partial charge in [-0.05, 0) is 67.5 Å². The molecule has 0 saturated carbocycles. The molecule has 33 heavy (non-hydrogen) atoms. The molecular weight excluding hydrogens is 422 g/mol. The molecule has 1 aliphatic heterocycles. The number of aliphatic carboxylic acids is 1. The number of methoxy groups -OCH3 is 1.